The molecule has 0 N–H and O–H groups in total. The number of rotatable bonds is 3. The van der Waals surface area contributed by atoms with Gasteiger partial charge in [0.25, 0.3) is 5.91 Å². The number of aryl methyl sites for hydroxylation is 2. The summed E-state index contributed by atoms with van der Waals surface area (Å²) < 4.78 is 0. The smallest absolute Gasteiger partial charge is 0.251 e. The maximum absolute atomic E-state index is 13.1. The van der Waals surface area contributed by atoms with Gasteiger partial charge in [-0.25, -0.2) is 4.90 Å². The predicted octanol–water partition coefficient (Wildman–Crippen LogP) is 2.76. The Morgan fingerprint density at radius 2 is 1.44 bits per heavy atom. The molecule has 2 aromatic rings. The van der Waals surface area contributed by atoms with Gasteiger partial charge in [0.2, 0.25) is 5.91 Å². The summed E-state index contributed by atoms with van der Waals surface area (Å²) in [6, 6.07) is 15.9. The molecule has 5 heteroatoms. The third kappa shape index (κ3) is 3.23. The third-order valence-corrected chi connectivity index (χ3v) is 5.66. The van der Waals surface area contributed by atoms with Gasteiger partial charge in [-0.2, -0.15) is 0 Å². The highest BCUT2D eigenvalue weighted by atomic mass is 16.2. The molecule has 0 saturated carbocycles. The highest BCUT2D eigenvalue weighted by Gasteiger charge is 2.44. The molecule has 2 heterocycles. The minimum atomic E-state index is -0.338. The minimum Gasteiger partial charge on any atom is -0.369 e. The van der Waals surface area contributed by atoms with Crippen molar-refractivity contribution < 1.29 is 9.59 Å². The Morgan fingerprint density at radius 1 is 0.815 bits per heavy atom. The lowest BCUT2D eigenvalue weighted by Gasteiger charge is -2.38. The number of imide groups is 1. The fourth-order valence-corrected chi connectivity index (χ4v) is 4.23. The lowest BCUT2D eigenvalue weighted by molar-refractivity contribution is -0.123. The van der Waals surface area contributed by atoms with Crippen LogP contribution in [0.15, 0.2) is 48.5 Å². The molecule has 27 heavy (non-hydrogen) atoms. The van der Waals surface area contributed by atoms with Gasteiger partial charge in [-0.15, -0.1) is 0 Å². The molecule has 5 nitrogen and oxygen atoms in total. The Balaban J connectivity index is 1.49. The first-order valence-corrected chi connectivity index (χ1v) is 9.53. The summed E-state index contributed by atoms with van der Waals surface area (Å²) in [4.78, 5) is 31.7. The molecule has 0 spiro atoms. The fraction of sp³-hybridized carbons (Fsp3) is 0.364. The second-order valence-electron chi connectivity index (χ2n) is 7.39. The van der Waals surface area contributed by atoms with E-state index in [1.165, 1.54) is 10.6 Å². The second-order valence-corrected chi connectivity index (χ2v) is 7.39. The summed E-state index contributed by atoms with van der Waals surface area (Å²) in [6.45, 7) is 7.22. The van der Waals surface area contributed by atoms with Gasteiger partial charge in [0.15, 0.2) is 0 Å². The van der Waals surface area contributed by atoms with Crippen LogP contribution in [0.5, 0.6) is 0 Å². The zero-order chi connectivity index (χ0) is 19.0. The highest BCUT2D eigenvalue weighted by molar-refractivity contribution is 6.23. The molecule has 2 aliphatic rings. The molecule has 2 aliphatic heterocycles. The Bertz CT molecular complexity index is 837. The van der Waals surface area contributed by atoms with Crippen LogP contribution in [0.25, 0.3) is 0 Å². The lowest BCUT2D eigenvalue weighted by Crippen LogP contribution is -2.52. The molecule has 0 aromatic heterocycles. The zero-order valence-corrected chi connectivity index (χ0v) is 15.9. The molecule has 4 rings (SSSR count). The van der Waals surface area contributed by atoms with Gasteiger partial charge in [-0.05, 0) is 37.1 Å². The summed E-state index contributed by atoms with van der Waals surface area (Å²) in [5.74, 6) is -0.168. The van der Waals surface area contributed by atoms with Crippen molar-refractivity contribution in [3.8, 4) is 0 Å². The highest BCUT2D eigenvalue weighted by Crippen LogP contribution is 2.31. The Kier molecular flexibility index (Phi) is 4.70. The van der Waals surface area contributed by atoms with E-state index in [4.69, 9.17) is 0 Å². The van der Waals surface area contributed by atoms with E-state index in [9.17, 15) is 9.59 Å². The van der Waals surface area contributed by atoms with Crippen molar-refractivity contribution in [2.45, 2.75) is 26.3 Å². The van der Waals surface area contributed by atoms with Gasteiger partial charge in [-0.3, -0.25) is 14.5 Å². The second kappa shape index (κ2) is 7.16. The van der Waals surface area contributed by atoms with Gasteiger partial charge >= 0.3 is 0 Å². The lowest BCUT2D eigenvalue weighted by atomic mass is 10.1. The monoisotopic (exact) mass is 363 g/mol. The van der Waals surface area contributed by atoms with Crippen LogP contribution in [-0.2, 0) is 9.59 Å². The quantitative estimate of drug-likeness (QED) is 0.787. The summed E-state index contributed by atoms with van der Waals surface area (Å²) in [7, 11) is 0. The number of carbonyl (C=O) groups is 2. The number of hydrogen-bond acceptors (Lipinski definition) is 4. The first-order chi connectivity index (χ1) is 13.1. The van der Waals surface area contributed by atoms with E-state index in [0.29, 0.717) is 0 Å². The van der Waals surface area contributed by atoms with E-state index in [2.05, 4.69) is 21.9 Å². The van der Waals surface area contributed by atoms with Gasteiger partial charge in [-0.1, -0.05) is 36.4 Å². The third-order valence-electron chi connectivity index (χ3n) is 5.66. The molecule has 1 atom stereocenters. The maximum atomic E-state index is 13.1. The maximum Gasteiger partial charge on any atom is 0.251 e. The number of carbonyl (C=O) groups excluding carboxylic acids is 2. The number of piperazine rings is 1. The molecular weight excluding hydrogens is 338 g/mol. The topological polar surface area (TPSA) is 43.9 Å². The van der Waals surface area contributed by atoms with Gasteiger partial charge in [0.05, 0.1) is 18.2 Å². The van der Waals surface area contributed by atoms with Gasteiger partial charge in [0, 0.05) is 31.9 Å². The molecule has 2 saturated heterocycles. The van der Waals surface area contributed by atoms with Crippen molar-refractivity contribution in [3.63, 3.8) is 0 Å². The number of benzene rings is 2. The molecule has 0 aliphatic carbocycles. The number of hydrogen-bond donors (Lipinski definition) is 0. The van der Waals surface area contributed by atoms with E-state index in [0.717, 1.165) is 43.0 Å². The average Bonchev–Trinajstić information content (AvgIpc) is 2.97. The standard InChI is InChI=1S/C22H25N3O2/c1-16-7-6-8-17(2)21(16)25-20(26)15-19(22(25)27)24-13-11-23(12-14-24)18-9-4-3-5-10-18/h3-10,19H,11-15H2,1-2H3. The van der Waals surface area contributed by atoms with Crippen LogP contribution in [0.3, 0.4) is 0 Å². The number of nitrogens with zero attached hydrogens (tertiary/aromatic N) is 3. The average molecular weight is 363 g/mol. The van der Waals surface area contributed by atoms with E-state index in [1.807, 2.05) is 50.2 Å². The van der Waals surface area contributed by atoms with Crippen LogP contribution >= 0.6 is 0 Å². The normalized spacial score (nSPS) is 21.2. The van der Waals surface area contributed by atoms with Crippen LogP contribution in [0.1, 0.15) is 17.5 Å². The van der Waals surface area contributed by atoms with E-state index in [-0.39, 0.29) is 24.3 Å². The van der Waals surface area contributed by atoms with Crippen molar-refractivity contribution in [2.24, 2.45) is 0 Å². The predicted molar refractivity (Wildman–Crippen MR) is 107 cm³/mol. The van der Waals surface area contributed by atoms with E-state index in [1.54, 1.807) is 0 Å². The van der Waals surface area contributed by atoms with Crippen molar-refractivity contribution in [2.75, 3.05) is 36.0 Å². The molecule has 0 bridgehead atoms. The van der Waals surface area contributed by atoms with Crippen LogP contribution < -0.4 is 9.80 Å². The minimum absolute atomic E-state index is 0.0782. The Labute approximate surface area is 160 Å². The van der Waals surface area contributed by atoms with Crippen LogP contribution in [0.2, 0.25) is 0 Å². The van der Waals surface area contributed by atoms with Crippen molar-refractivity contribution in [1.82, 2.24) is 4.90 Å². The fourth-order valence-electron chi connectivity index (χ4n) is 4.23. The zero-order valence-electron chi connectivity index (χ0n) is 15.9. The first kappa shape index (κ1) is 17.7. The van der Waals surface area contributed by atoms with Crippen molar-refractivity contribution in [3.05, 3.63) is 59.7 Å². The largest absolute Gasteiger partial charge is 0.369 e. The SMILES string of the molecule is Cc1cccc(C)c1N1C(=O)CC(N2CCN(c3ccccc3)CC2)C1=O. The number of amides is 2. The molecule has 2 aromatic carbocycles. The molecule has 2 fully saturated rings. The summed E-state index contributed by atoms with van der Waals surface area (Å²) in [5, 5.41) is 0. The van der Waals surface area contributed by atoms with Crippen molar-refractivity contribution >= 4 is 23.2 Å². The van der Waals surface area contributed by atoms with E-state index >= 15 is 0 Å². The van der Waals surface area contributed by atoms with Crippen LogP contribution in [0, 0.1) is 13.8 Å². The van der Waals surface area contributed by atoms with Gasteiger partial charge in [0.1, 0.15) is 0 Å². The molecule has 2 amide bonds. The number of anilines is 2. The molecule has 0 radical (unpaired) electrons. The van der Waals surface area contributed by atoms with Crippen LogP contribution in [0.4, 0.5) is 11.4 Å². The first-order valence-electron chi connectivity index (χ1n) is 9.53. The van der Waals surface area contributed by atoms with Crippen LogP contribution in [-0.4, -0.2) is 48.9 Å². The van der Waals surface area contributed by atoms with Crippen molar-refractivity contribution in [1.29, 1.82) is 0 Å². The molecule has 140 valence electrons. The van der Waals surface area contributed by atoms with Gasteiger partial charge < -0.3 is 4.90 Å². The Morgan fingerprint density at radius 3 is 2.07 bits per heavy atom. The Hall–Kier alpha value is -2.66. The summed E-state index contributed by atoms with van der Waals surface area (Å²) in [6.07, 6.45) is 0.276. The van der Waals surface area contributed by atoms with E-state index < -0.39 is 0 Å². The molecule has 1 unspecified atom stereocenters. The number of para-hydroxylation sites is 2. The molecular formula is C22H25N3O2. The summed E-state index contributed by atoms with van der Waals surface area (Å²) in [5.41, 5.74) is 3.90. The summed E-state index contributed by atoms with van der Waals surface area (Å²) >= 11 is 0.